The topological polar surface area (TPSA) is 17.8 Å². The average Bonchev–Trinajstić information content (AvgIpc) is 3.77. The Morgan fingerprint density at radius 1 is 0.479 bits per heavy atom. The third kappa shape index (κ3) is 4.15. The molecule has 0 aliphatic carbocycles. The number of benzene rings is 8. The van der Waals surface area contributed by atoms with Gasteiger partial charge >= 0.3 is 0 Å². The fraction of sp³-hybridized carbons (Fsp3) is 0. The number of rotatable bonds is 4. The van der Waals surface area contributed by atoms with E-state index in [1.165, 1.54) is 31.3 Å². The lowest BCUT2D eigenvalue weighted by molar-refractivity contribution is 1.10. The van der Waals surface area contributed by atoms with Gasteiger partial charge in [-0.1, -0.05) is 121 Å². The molecule has 2 heterocycles. The zero-order chi connectivity index (χ0) is 36.0. The molecule has 0 amide bonds. The highest BCUT2D eigenvalue weighted by molar-refractivity contribution is 7.25. The van der Waals surface area contributed by atoms with Gasteiger partial charge in [-0.3, -0.25) is 4.57 Å². The summed E-state index contributed by atoms with van der Waals surface area (Å²) in [6, 6.07) is 46.5. The van der Waals surface area contributed by atoms with E-state index in [2.05, 4.69) is 103 Å². The summed E-state index contributed by atoms with van der Waals surface area (Å²) in [6.45, 7) is 0. The predicted molar refractivity (Wildman–Crippen MR) is 205 cm³/mol. The second-order valence-electron chi connectivity index (χ2n) is 12.0. The van der Waals surface area contributed by atoms with Crippen molar-refractivity contribution < 1.29 is 6.85 Å². The van der Waals surface area contributed by atoms with Crippen LogP contribution in [0.15, 0.2) is 170 Å². The summed E-state index contributed by atoms with van der Waals surface area (Å²) in [5, 5.41) is 7.07. The third-order valence-corrected chi connectivity index (χ3v) is 10.4. The highest BCUT2D eigenvalue weighted by Crippen LogP contribution is 2.46. The van der Waals surface area contributed by atoms with E-state index in [-0.39, 0.29) is 29.9 Å². The number of thiophene rings is 1. The molecule has 0 saturated heterocycles. The zero-order valence-electron chi connectivity index (χ0n) is 30.6. The molecule has 0 fully saturated rings. The molecule has 0 saturated carbocycles. The summed E-state index contributed by atoms with van der Waals surface area (Å²) in [6.07, 6.45) is 0. The molecule has 3 heteroatoms. The SMILES string of the molecule is [2H]c1c([2H])c([2H])c(-n2c(-c3cccc(-c4c5ccccc5c(-c5ccc6sc7ccccc7c6c5)c5ccccc45)c3)nc3ccccc32)c([2H])c1[2H]. The number of nitrogens with zero attached hydrogens (tertiary/aromatic N) is 2. The summed E-state index contributed by atoms with van der Waals surface area (Å²) in [5.41, 5.74) is 6.59. The second-order valence-corrected chi connectivity index (χ2v) is 13.0. The van der Waals surface area contributed by atoms with Crippen LogP contribution in [0.2, 0.25) is 0 Å². The third-order valence-electron chi connectivity index (χ3n) is 9.28. The molecule has 0 spiro atoms. The maximum absolute atomic E-state index is 8.85. The Bertz CT molecular complexity index is 3060. The van der Waals surface area contributed by atoms with Crippen LogP contribution in [0.5, 0.6) is 0 Å². The van der Waals surface area contributed by atoms with Gasteiger partial charge in [0.15, 0.2) is 0 Å². The summed E-state index contributed by atoms with van der Waals surface area (Å²) in [7, 11) is 0. The first-order valence-electron chi connectivity index (χ1n) is 18.4. The number of aromatic nitrogens is 2. The molecule has 0 radical (unpaired) electrons. The highest BCUT2D eigenvalue weighted by atomic mass is 32.1. The lowest BCUT2D eigenvalue weighted by Gasteiger charge is -2.18. The van der Waals surface area contributed by atoms with Crippen molar-refractivity contribution in [3.8, 4) is 39.3 Å². The molecule has 2 nitrogen and oxygen atoms in total. The maximum atomic E-state index is 8.85. The maximum Gasteiger partial charge on any atom is 0.145 e. The zero-order valence-corrected chi connectivity index (χ0v) is 26.4. The smallest absolute Gasteiger partial charge is 0.145 e. The molecular weight excluding hydrogens is 601 g/mol. The Morgan fingerprint density at radius 2 is 1.06 bits per heavy atom. The van der Waals surface area contributed by atoms with Crippen molar-refractivity contribution in [3.63, 3.8) is 0 Å². The van der Waals surface area contributed by atoms with Crippen molar-refractivity contribution in [2.24, 2.45) is 0 Å². The highest BCUT2D eigenvalue weighted by Gasteiger charge is 2.19. The Hall–Kier alpha value is -6.03. The van der Waals surface area contributed by atoms with E-state index in [4.69, 9.17) is 11.8 Å². The Kier molecular flexibility index (Phi) is 5.04. The molecule has 2 aromatic heterocycles. The van der Waals surface area contributed by atoms with Crippen molar-refractivity contribution in [1.82, 2.24) is 9.55 Å². The van der Waals surface area contributed by atoms with Crippen LogP contribution in [0.3, 0.4) is 0 Å². The quantitative estimate of drug-likeness (QED) is 0.176. The van der Waals surface area contributed by atoms with Gasteiger partial charge in [0.25, 0.3) is 0 Å². The van der Waals surface area contributed by atoms with Crippen LogP contribution < -0.4 is 0 Å². The van der Waals surface area contributed by atoms with E-state index in [1.807, 2.05) is 47.7 Å². The van der Waals surface area contributed by atoms with Gasteiger partial charge in [0.2, 0.25) is 0 Å². The molecule has 8 aromatic carbocycles. The van der Waals surface area contributed by atoms with Crippen LogP contribution >= 0.6 is 11.3 Å². The molecule has 0 bridgehead atoms. The van der Waals surface area contributed by atoms with Crippen molar-refractivity contribution >= 4 is 64.1 Å². The molecule has 0 atom stereocenters. The van der Waals surface area contributed by atoms with Crippen LogP contribution in [0.1, 0.15) is 6.85 Å². The lowest BCUT2D eigenvalue weighted by Crippen LogP contribution is -1.97. The van der Waals surface area contributed by atoms with Crippen molar-refractivity contribution in [2.45, 2.75) is 0 Å². The van der Waals surface area contributed by atoms with Crippen molar-refractivity contribution in [2.75, 3.05) is 0 Å². The van der Waals surface area contributed by atoms with Crippen LogP contribution in [0.4, 0.5) is 0 Å². The number of imidazole rings is 1. The summed E-state index contributed by atoms with van der Waals surface area (Å²) in [5.74, 6) is 0.494. The average molecular weight is 634 g/mol. The van der Waals surface area contributed by atoms with E-state index < -0.39 is 6.04 Å². The molecule has 0 N–H and O–H groups in total. The Balaban J connectivity index is 1.23. The van der Waals surface area contributed by atoms with Gasteiger partial charge in [-0.2, -0.15) is 0 Å². The van der Waals surface area contributed by atoms with Gasteiger partial charge in [-0.15, -0.1) is 11.3 Å². The van der Waals surface area contributed by atoms with E-state index in [0.29, 0.717) is 16.9 Å². The number of hydrogen-bond acceptors (Lipinski definition) is 2. The van der Waals surface area contributed by atoms with E-state index in [1.54, 1.807) is 4.57 Å². The standard InChI is InChI=1S/C45H28N2S/c1-2-15-32(16-3-1)47-40-23-10-9-22-39(40)46-45(47)31-14-12-13-29(27-31)43-34-18-4-6-20-36(34)44(37-21-7-5-19-35(37)43)30-25-26-42-38(28-30)33-17-8-11-24-41(33)48-42/h1-28H/i1D,2D,3D,15D,16D. The molecule has 0 aliphatic rings. The minimum atomic E-state index is -0.428. The molecular formula is C45H28N2S. The van der Waals surface area contributed by atoms with Crippen molar-refractivity contribution in [3.05, 3.63) is 170 Å². The van der Waals surface area contributed by atoms with Crippen LogP contribution in [0, 0.1) is 0 Å². The summed E-state index contributed by atoms with van der Waals surface area (Å²) in [4.78, 5) is 5.01. The molecule has 10 aromatic rings. The van der Waals surface area contributed by atoms with Crippen molar-refractivity contribution in [1.29, 1.82) is 0 Å². The Labute approximate surface area is 288 Å². The molecule has 0 aliphatic heterocycles. The van der Waals surface area contributed by atoms with Crippen LogP contribution in [0.25, 0.3) is 92.1 Å². The first-order valence-corrected chi connectivity index (χ1v) is 16.7. The minimum absolute atomic E-state index is 0.0701. The second kappa shape index (κ2) is 10.8. The fourth-order valence-electron chi connectivity index (χ4n) is 7.25. The van der Waals surface area contributed by atoms with E-state index >= 15 is 0 Å². The number of fused-ring (bicyclic) bond motifs is 6. The molecule has 48 heavy (non-hydrogen) atoms. The van der Waals surface area contributed by atoms with Crippen LogP contribution in [-0.4, -0.2) is 9.55 Å². The first-order chi connectivity index (χ1) is 25.9. The molecule has 10 rings (SSSR count). The first kappa shape index (κ1) is 22.5. The van der Waals surface area contributed by atoms with Gasteiger partial charge in [-0.05, 0) is 92.3 Å². The molecule has 224 valence electrons. The van der Waals surface area contributed by atoms with Gasteiger partial charge in [0, 0.05) is 31.4 Å². The summed E-state index contributed by atoms with van der Waals surface area (Å²) >= 11 is 1.82. The van der Waals surface area contributed by atoms with E-state index in [9.17, 15) is 0 Å². The van der Waals surface area contributed by atoms with Gasteiger partial charge < -0.3 is 0 Å². The predicted octanol–water partition coefficient (Wildman–Crippen LogP) is 12.7. The minimum Gasteiger partial charge on any atom is -0.292 e. The number of hydrogen-bond donors (Lipinski definition) is 0. The normalized spacial score (nSPS) is 13.2. The number of para-hydroxylation sites is 3. The van der Waals surface area contributed by atoms with E-state index in [0.717, 1.165) is 38.2 Å². The largest absolute Gasteiger partial charge is 0.292 e. The monoisotopic (exact) mass is 633 g/mol. The lowest BCUT2D eigenvalue weighted by atomic mass is 9.85. The summed E-state index contributed by atoms with van der Waals surface area (Å²) < 4.78 is 47.0. The fourth-order valence-corrected chi connectivity index (χ4v) is 8.33. The van der Waals surface area contributed by atoms with Gasteiger partial charge in [-0.25, -0.2) is 4.98 Å². The van der Waals surface area contributed by atoms with Crippen LogP contribution in [-0.2, 0) is 0 Å². The van der Waals surface area contributed by atoms with Gasteiger partial charge in [0.05, 0.1) is 17.9 Å². The van der Waals surface area contributed by atoms with Gasteiger partial charge in [0.1, 0.15) is 5.82 Å². The Morgan fingerprint density at radius 3 is 1.79 bits per heavy atom. The molecule has 0 unspecified atom stereocenters.